The first-order valence-electron chi connectivity index (χ1n) is 9.06. The largest absolute Gasteiger partial charge is 0.352 e. The number of benzene rings is 1. The van der Waals surface area contributed by atoms with E-state index in [1.165, 1.54) is 18.4 Å². The third-order valence-electron chi connectivity index (χ3n) is 4.93. The van der Waals surface area contributed by atoms with Crippen molar-refractivity contribution in [1.82, 2.24) is 15.5 Å². The first-order valence-corrected chi connectivity index (χ1v) is 9.06. The van der Waals surface area contributed by atoms with E-state index in [9.17, 15) is 4.79 Å². The molecule has 2 fully saturated rings. The number of piperidine rings is 1. The molecule has 1 aromatic carbocycles. The van der Waals surface area contributed by atoms with Gasteiger partial charge in [0.05, 0.1) is 6.54 Å². The SMILES string of the molecule is Cl.Cl.O=C(CNCC1CC1)NC1CCN(CCc2ccccc2)CC1. The molecule has 25 heavy (non-hydrogen) atoms. The number of carbonyl (C=O) groups is 1. The Morgan fingerprint density at radius 3 is 2.36 bits per heavy atom. The van der Waals surface area contributed by atoms with Gasteiger partial charge in [-0.15, -0.1) is 24.8 Å². The average molecular weight is 388 g/mol. The second-order valence-corrected chi connectivity index (χ2v) is 6.99. The van der Waals surface area contributed by atoms with Crippen LogP contribution in [0.3, 0.4) is 0 Å². The summed E-state index contributed by atoms with van der Waals surface area (Å²) in [6, 6.07) is 11.0. The summed E-state index contributed by atoms with van der Waals surface area (Å²) >= 11 is 0. The van der Waals surface area contributed by atoms with Crippen LogP contribution in [-0.4, -0.2) is 49.6 Å². The Labute approximate surface area is 163 Å². The molecular formula is C19H31Cl2N3O. The summed E-state index contributed by atoms with van der Waals surface area (Å²) in [5.41, 5.74) is 1.41. The molecule has 142 valence electrons. The van der Waals surface area contributed by atoms with Gasteiger partial charge < -0.3 is 15.5 Å². The minimum atomic E-state index is 0. The van der Waals surface area contributed by atoms with Gasteiger partial charge in [-0.05, 0) is 50.1 Å². The third-order valence-corrected chi connectivity index (χ3v) is 4.93. The molecule has 2 aliphatic rings. The number of nitrogens with one attached hydrogen (secondary N) is 2. The van der Waals surface area contributed by atoms with E-state index in [1.807, 2.05) is 0 Å². The van der Waals surface area contributed by atoms with Crippen LogP contribution in [0.5, 0.6) is 0 Å². The Morgan fingerprint density at radius 1 is 1.04 bits per heavy atom. The number of hydrogen-bond donors (Lipinski definition) is 2. The van der Waals surface area contributed by atoms with Gasteiger partial charge in [-0.1, -0.05) is 30.3 Å². The summed E-state index contributed by atoms with van der Waals surface area (Å²) < 4.78 is 0. The molecule has 1 saturated heterocycles. The van der Waals surface area contributed by atoms with E-state index in [1.54, 1.807) is 0 Å². The molecule has 0 spiro atoms. The standard InChI is InChI=1S/C19H29N3O.2ClH/c23-19(15-20-14-17-6-7-17)21-18-9-12-22(13-10-18)11-8-16-4-2-1-3-5-16;;/h1-5,17-18,20H,6-15H2,(H,21,23);2*1H. The zero-order valence-electron chi connectivity index (χ0n) is 14.8. The number of carbonyl (C=O) groups excluding carboxylic acids is 1. The van der Waals surface area contributed by atoms with E-state index in [0.29, 0.717) is 12.6 Å². The summed E-state index contributed by atoms with van der Waals surface area (Å²) in [4.78, 5) is 14.4. The quantitative estimate of drug-likeness (QED) is 0.720. The Kier molecular flexibility index (Phi) is 10.4. The lowest BCUT2D eigenvalue weighted by Gasteiger charge is -2.32. The molecule has 6 heteroatoms. The lowest BCUT2D eigenvalue weighted by molar-refractivity contribution is -0.121. The molecule has 3 rings (SSSR count). The molecule has 4 nitrogen and oxygen atoms in total. The van der Waals surface area contributed by atoms with Crippen LogP contribution in [0.4, 0.5) is 0 Å². The summed E-state index contributed by atoms with van der Waals surface area (Å²) in [5.74, 6) is 0.990. The van der Waals surface area contributed by atoms with Crippen LogP contribution in [0, 0.1) is 5.92 Å². The minimum absolute atomic E-state index is 0. The molecule has 0 bridgehead atoms. The Morgan fingerprint density at radius 2 is 1.72 bits per heavy atom. The number of halogens is 2. The van der Waals surface area contributed by atoms with E-state index in [4.69, 9.17) is 0 Å². The highest BCUT2D eigenvalue weighted by atomic mass is 35.5. The van der Waals surface area contributed by atoms with Crippen LogP contribution in [0.2, 0.25) is 0 Å². The van der Waals surface area contributed by atoms with Crippen LogP contribution < -0.4 is 10.6 Å². The monoisotopic (exact) mass is 387 g/mol. The maximum Gasteiger partial charge on any atom is 0.234 e. The summed E-state index contributed by atoms with van der Waals surface area (Å²) in [7, 11) is 0. The molecule has 0 radical (unpaired) electrons. The van der Waals surface area contributed by atoms with Gasteiger partial charge in [0.25, 0.3) is 0 Å². The van der Waals surface area contributed by atoms with Gasteiger partial charge >= 0.3 is 0 Å². The van der Waals surface area contributed by atoms with Crippen molar-refractivity contribution < 1.29 is 4.79 Å². The number of hydrogen-bond acceptors (Lipinski definition) is 3. The first-order chi connectivity index (χ1) is 11.3. The smallest absolute Gasteiger partial charge is 0.234 e. The third kappa shape index (κ3) is 8.41. The topological polar surface area (TPSA) is 44.4 Å². The van der Waals surface area contributed by atoms with Crippen molar-refractivity contribution in [3.05, 3.63) is 35.9 Å². The lowest BCUT2D eigenvalue weighted by atomic mass is 10.0. The zero-order chi connectivity index (χ0) is 15.9. The molecule has 1 amide bonds. The molecule has 1 saturated carbocycles. The fourth-order valence-electron chi connectivity index (χ4n) is 3.22. The fourth-order valence-corrected chi connectivity index (χ4v) is 3.22. The van der Waals surface area contributed by atoms with E-state index in [2.05, 4.69) is 45.9 Å². The van der Waals surface area contributed by atoms with Crippen molar-refractivity contribution in [2.24, 2.45) is 5.92 Å². The number of rotatable bonds is 8. The normalized spacial score (nSPS) is 18.1. The van der Waals surface area contributed by atoms with Crippen molar-refractivity contribution in [1.29, 1.82) is 0 Å². The highest BCUT2D eigenvalue weighted by Crippen LogP contribution is 2.27. The van der Waals surface area contributed by atoms with E-state index in [0.717, 1.165) is 51.4 Å². The number of amides is 1. The van der Waals surface area contributed by atoms with Gasteiger partial charge in [-0.25, -0.2) is 0 Å². The first kappa shape index (κ1) is 22.2. The lowest BCUT2D eigenvalue weighted by Crippen LogP contribution is -2.47. The van der Waals surface area contributed by atoms with Crippen molar-refractivity contribution in [3.63, 3.8) is 0 Å². The van der Waals surface area contributed by atoms with Crippen molar-refractivity contribution in [2.75, 3.05) is 32.7 Å². The summed E-state index contributed by atoms with van der Waals surface area (Å²) in [6.45, 7) is 4.78. The molecule has 1 aliphatic heterocycles. The van der Waals surface area contributed by atoms with Crippen LogP contribution in [0.25, 0.3) is 0 Å². The number of nitrogens with zero attached hydrogens (tertiary/aromatic N) is 1. The second-order valence-electron chi connectivity index (χ2n) is 6.99. The Balaban J connectivity index is 0.00000156. The van der Waals surface area contributed by atoms with Crippen LogP contribution in [-0.2, 0) is 11.2 Å². The predicted octanol–water partition coefficient (Wildman–Crippen LogP) is 2.65. The molecule has 1 heterocycles. The summed E-state index contributed by atoms with van der Waals surface area (Å²) in [6.07, 6.45) is 5.92. The molecule has 0 unspecified atom stereocenters. The van der Waals surface area contributed by atoms with Crippen molar-refractivity contribution in [3.8, 4) is 0 Å². The highest BCUT2D eigenvalue weighted by molar-refractivity contribution is 5.85. The molecule has 2 N–H and O–H groups in total. The van der Waals surface area contributed by atoms with Gasteiger partial charge in [0.15, 0.2) is 0 Å². The predicted molar refractivity (Wildman–Crippen MR) is 108 cm³/mol. The fraction of sp³-hybridized carbons (Fsp3) is 0.632. The van der Waals surface area contributed by atoms with Gasteiger partial charge in [0, 0.05) is 25.7 Å². The highest BCUT2D eigenvalue weighted by Gasteiger charge is 2.22. The van der Waals surface area contributed by atoms with Gasteiger partial charge in [0.1, 0.15) is 0 Å². The van der Waals surface area contributed by atoms with Gasteiger partial charge in [-0.3, -0.25) is 4.79 Å². The molecular weight excluding hydrogens is 357 g/mol. The minimum Gasteiger partial charge on any atom is -0.352 e. The second kappa shape index (κ2) is 11.7. The van der Waals surface area contributed by atoms with Crippen molar-refractivity contribution >= 4 is 30.7 Å². The molecule has 0 aromatic heterocycles. The van der Waals surface area contributed by atoms with E-state index in [-0.39, 0.29) is 30.7 Å². The molecule has 0 atom stereocenters. The maximum atomic E-state index is 11.9. The van der Waals surface area contributed by atoms with Crippen LogP contribution >= 0.6 is 24.8 Å². The molecule has 1 aromatic rings. The van der Waals surface area contributed by atoms with E-state index >= 15 is 0 Å². The number of likely N-dealkylation sites (tertiary alicyclic amines) is 1. The molecule has 1 aliphatic carbocycles. The maximum absolute atomic E-state index is 11.9. The van der Waals surface area contributed by atoms with Crippen LogP contribution in [0.1, 0.15) is 31.2 Å². The van der Waals surface area contributed by atoms with Crippen LogP contribution in [0.15, 0.2) is 30.3 Å². The average Bonchev–Trinajstić information content (AvgIpc) is 3.39. The Bertz CT molecular complexity index is 489. The van der Waals surface area contributed by atoms with Gasteiger partial charge in [0.2, 0.25) is 5.91 Å². The Hall–Kier alpha value is -0.810. The zero-order valence-corrected chi connectivity index (χ0v) is 16.4. The van der Waals surface area contributed by atoms with E-state index < -0.39 is 0 Å². The summed E-state index contributed by atoms with van der Waals surface area (Å²) in [5, 5.41) is 6.44. The van der Waals surface area contributed by atoms with Crippen molar-refractivity contribution in [2.45, 2.75) is 38.1 Å². The van der Waals surface area contributed by atoms with Gasteiger partial charge in [-0.2, -0.15) is 0 Å².